The topological polar surface area (TPSA) is 38.3 Å². The molecule has 3 heteroatoms. The van der Waals surface area contributed by atoms with E-state index in [1.807, 2.05) is 26.8 Å². The van der Waals surface area contributed by atoms with Gasteiger partial charge in [-0.3, -0.25) is 0 Å². The van der Waals surface area contributed by atoms with Crippen LogP contribution in [0.15, 0.2) is 12.2 Å². The van der Waals surface area contributed by atoms with E-state index in [-0.39, 0.29) is 12.1 Å². The second-order valence-corrected chi connectivity index (χ2v) is 4.26. The summed E-state index contributed by atoms with van der Waals surface area (Å²) in [5.41, 5.74) is -0.410. The molecule has 0 aromatic rings. The largest absolute Gasteiger partial charge is 0.444 e. The Hall–Kier alpha value is -0.990. The van der Waals surface area contributed by atoms with Crippen molar-refractivity contribution >= 4 is 6.09 Å². The van der Waals surface area contributed by atoms with E-state index in [1.165, 1.54) is 0 Å². The van der Waals surface area contributed by atoms with Crippen LogP contribution in [0.2, 0.25) is 0 Å². The molecule has 0 bridgehead atoms. The first-order valence-electron chi connectivity index (χ1n) is 4.63. The molecular weight excluding hydrogens is 166 g/mol. The lowest BCUT2D eigenvalue weighted by molar-refractivity contribution is 0.0514. The van der Waals surface area contributed by atoms with E-state index in [4.69, 9.17) is 4.74 Å². The van der Waals surface area contributed by atoms with E-state index in [0.717, 1.165) is 12.8 Å². The Morgan fingerprint density at radius 1 is 1.54 bits per heavy atom. The first kappa shape index (κ1) is 10.1. The molecule has 1 amide bonds. The second kappa shape index (κ2) is 3.81. The molecule has 0 saturated carbocycles. The summed E-state index contributed by atoms with van der Waals surface area (Å²) in [4.78, 5) is 11.2. The highest BCUT2D eigenvalue weighted by molar-refractivity contribution is 5.68. The first-order valence-corrected chi connectivity index (χ1v) is 4.63. The van der Waals surface area contributed by atoms with E-state index in [1.54, 1.807) is 0 Å². The minimum absolute atomic E-state index is 0.162. The van der Waals surface area contributed by atoms with E-state index in [2.05, 4.69) is 11.4 Å². The molecule has 0 heterocycles. The van der Waals surface area contributed by atoms with Crippen molar-refractivity contribution in [2.24, 2.45) is 0 Å². The van der Waals surface area contributed by atoms with Crippen molar-refractivity contribution in [2.45, 2.75) is 45.3 Å². The molecule has 1 N–H and O–H groups in total. The van der Waals surface area contributed by atoms with Crippen LogP contribution in [0.1, 0.15) is 33.6 Å². The zero-order chi connectivity index (χ0) is 9.90. The molecule has 0 radical (unpaired) electrons. The van der Waals surface area contributed by atoms with Crippen molar-refractivity contribution in [3.8, 4) is 0 Å². The van der Waals surface area contributed by atoms with E-state index >= 15 is 0 Å². The lowest BCUT2D eigenvalue weighted by Gasteiger charge is -2.21. The van der Waals surface area contributed by atoms with Gasteiger partial charge < -0.3 is 10.1 Å². The number of rotatable bonds is 1. The molecule has 0 saturated heterocycles. The molecule has 0 aromatic carbocycles. The van der Waals surface area contributed by atoms with Crippen LogP contribution in [-0.4, -0.2) is 17.7 Å². The molecule has 1 aliphatic rings. The van der Waals surface area contributed by atoms with E-state index < -0.39 is 5.60 Å². The van der Waals surface area contributed by atoms with Gasteiger partial charge in [0.25, 0.3) is 0 Å². The van der Waals surface area contributed by atoms with Gasteiger partial charge in [0.05, 0.1) is 6.04 Å². The van der Waals surface area contributed by atoms with Crippen molar-refractivity contribution < 1.29 is 9.53 Å². The molecule has 1 aliphatic carbocycles. The highest BCUT2D eigenvalue weighted by Crippen LogP contribution is 2.11. The monoisotopic (exact) mass is 183 g/mol. The van der Waals surface area contributed by atoms with Crippen LogP contribution in [-0.2, 0) is 4.74 Å². The Kier molecular flexibility index (Phi) is 2.96. The van der Waals surface area contributed by atoms with Crippen molar-refractivity contribution in [2.75, 3.05) is 0 Å². The fraction of sp³-hybridized carbons (Fsp3) is 0.700. The van der Waals surface area contributed by atoms with Crippen LogP contribution < -0.4 is 5.32 Å². The maximum absolute atomic E-state index is 11.2. The summed E-state index contributed by atoms with van der Waals surface area (Å²) >= 11 is 0. The summed E-state index contributed by atoms with van der Waals surface area (Å²) < 4.78 is 5.12. The molecule has 0 spiro atoms. The van der Waals surface area contributed by atoms with Crippen LogP contribution in [0.5, 0.6) is 0 Å². The van der Waals surface area contributed by atoms with Gasteiger partial charge in [0.2, 0.25) is 0 Å². The highest BCUT2D eigenvalue weighted by Gasteiger charge is 2.18. The van der Waals surface area contributed by atoms with Gasteiger partial charge in [0.15, 0.2) is 0 Å². The predicted molar refractivity (Wildman–Crippen MR) is 51.5 cm³/mol. The molecule has 0 aliphatic heterocycles. The van der Waals surface area contributed by atoms with Crippen LogP contribution in [0.25, 0.3) is 0 Å². The van der Waals surface area contributed by atoms with Gasteiger partial charge in [-0.2, -0.15) is 0 Å². The number of hydrogen-bond donors (Lipinski definition) is 1. The minimum atomic E-state index is -0.410. The fourth-order valence-electron chi connectivity index (χ4n) is 1.21. The summed E-state index contributed by atoms with van der Waals surface area (Å²) in [7, 11) is 0. The Morgan fingerprint density at radius 3 is 2.69 bits per heavy atom. The predicted octanol–water partition coefficient (Wildman–Crippen LogP) is 2.23. The third-order valence-electron chi connectivity index (χ3n) is 1.71. The first-order chi connectivity index (χ1) is 5.97. The summed E-state index contributed by atoms with van der Waals surface area (Å²) in [6, 6.07) is 0.162. The Labute approximate surface area is 79.2 Å². The SMILES string of the molecule is CC(C)(C)OC(=O)N[C@H]1C=CCC1. The summed E-state index contributed by atoms with van der Waals surface area (Å²) in [5, 5.41) is 2.79. The number of allylic oxidation sites excluding steroid dienone is 1. The lowest BCUT2D eigenvalue weighted by Crippen LogP contribution is -2.37. The Morgan fingerprint density at radius 2 is 2.23 bits per heavy atom. The van der Waals surface area contributed by atoms with Gasteiger partial charge >= 0.3 is 6.09 Å². The maximum Gasteiger partial charge on any atom is 0.408 e. The smallest absolute Gasteiger partial charge is 0.408 e. The number of hydrogen-bond acceptors (Lipinski definition) is 2. The Balaban J connectivity index is 2.29. The molecular formula is C10H17NO2. The fourth-order valence-corrected chi connectivity index (χ4v) is 1.21. The maximum atomic E-state index is 11.2. The number of carbonyl (C=O) groups is 1. The molecule has 13 heavy (non-hydrogen) atoms. The number of carbonyl (C=O) groups excluding carboxylic acids is 1. The normalized spacial score (nSPS) is 21.6. The average Bonchev–Trinajstić information content (AvgIpc) is 2.34. The van der Waals surface area contributed by atoms with Crippen LogP contribution in [0.4, 0.5) is 4.79 Å². The zero-order valence-electron chi connectivity index (χ0n) is 8.46. The van der Waals surface area contributed by atoms with Crippen LogP contribution in [0.3, 0.4) is 0 Å². The third-order valence-corrected chi connectivity index (χ3v) is 1.71. The highest BCUT2D eigenvalue weighted by atomic mass is 16.6. The average molecular weight is 183 g/mol. The Bertz CT molecular complexity index is 215. The molecule has 0 aromatic heterocycles. The quantitative estimate of drug-likeness (QED) is 0.633. The van der Waals surface area contributed by atoms with Gasteiger partial charge in [-0.05, 0) is 33.6 Å². The van der Waals surface area contributed by atoms with Crippen molar-refractivity contribution in [3.63, 3.8) is 0 Å². The van der Waals surface area contributed by atoms with Gasteiger partial charge in [0.1, 0.15) is 5.60 Å². The van der Waals surface area contributed by atoms with Crippen molar-refractivity contribution in [3.05, 3.63) is 12.2 Å². The molecule has 1 rings (SSSR count). The van der Waals surface area contributed by atoms with Gasteiger partial charge in [0, 0.05) is 0 Å². The van der Waals surface area contributed by atoms with Crippen LogP contribution >= 0.6 is 0 Å². The van der Waals surface area contributed by atoms with Crippen molar-refractivity contribution in [1.82, 2.24) is 5.32 Å². The third kappa shape index (κ3) is 3.97. The number of alkyl carbamates (subject to hydrolysis) is 1. The number of nitrogens with one attached hydrogen (secondary N) is 1. The standard InChI is InChI=1S/C10H17NO2/c1-10(2,3)13-9(12)11-8-6-4-5-7-8/h4,6,8H,5,7H2,1-3H3,(H,11,12)/t8-/m0/s1. The zero-order valence-corrected chi connectivity index (χ0v) is 8.46. The number of amides is 1. The summed E-state index contributed by atoms with van der Waals surface area (Å²) in [6.07, 6.45) is 5.77. The van der Waals surface area contributed by atoms with Gasteiger partial charge in [-0.25, -0.2) is 4.79 Å². The molecule has 0 fully saturated rings. The molecule has 74 valence electrons. The lowest BCUT2D eigenvalue weighted by atomic mass is 10.2. The summed E-state index contributed by atoms with van der Waals surface area (Å²) in [5.74, 6) is 0. The van der Waals surface area contributed by atoms with Crippen LogP contribution in [0, 0.1) is 0 Å². The number of ether oxygens (including phenoxy) is 1. The van der Waals surface area contributed by atoms with Gasteiger partial charge in [-0.1, -0.05) is 12.2 Å². The second-order valence-electron chi connectivity index (χ2n) is 4.26. The van der Waals surface area contributed by atoms with E-state index in [0.29, 0.717) is 0 Å². The molecule has 0 unspecified atom stereocenters. The molecule has 3 nitrogen and oxygen atoms in total. The molecule has 1 atom stereocenters. The van der Waals surface area contributed by atoms with Crippen molar-refractivity contribution in [1.29, 1.82) is 0 Å². The van der Waals surface area contributed by atoms with Gasteiger partial charge in [-0.15, -0.1) is 0 Å². The summed E-state index contributed by atoms with van der Waals surface area (Å²) in [6.45, 7) is 5.57. The minimum Gasteiger partial charge on any atom is -0.444 e. The van der Waals surface area contributed by atoms with E-state index in [9.17, 15) is 4.79 Å².